The SMILES string of the molecule is CCCNC(=O)c1cnc(Nc2nc(CC)nc(NCCN(C)C)n2)n1C. The van der Waals surface area contributed by atoms with Gasteiger partial charge in [-0.05, 0) is 20.5 Å². The van der Waals surface area contributed by atoms with E-state index >= 15 is 0 Å². The Morgan fingerprint density at radius 2 is 1.89 bits per heavy atom. The minimum Gasteiger partial charge on any atom is -0.353 e. The van der Waals surface area contributed by atoms with Crippen molar-refractivity contribution in [1.82, 2.24) is 34.7 Å². The topological polar surface area (TPSA) is 113 Å². The van der Waals surface area contributed by atoms with E-state index in [0.29, 0.717) is 42.3 Å². The Morgan fingerprint density at radius 3 is 2.56 bits per heavy atom. The van der Waals surface area contributed by atoms with Crippen LogP contribution in [0.4, 0.5) is 17.8 Å². The van der Waals surface area contributed by atoms with Crippen molar-refractivity contribution in [2.75, 3.05) is 44.4 Å². The van der Waals surface area contributed by atoms with Gasteiger partial charge in [0.25, 0.3) is 5.91 Å². The van der Waals surface area contributed by atoms with Crippen molar-refractivity contribution in [1.29, 1.82) is 0 Å². The van der Waals surface area contributed by atoms with Crippen molar-refractivity contribution < 1.29 is 4.79 Å². The number of likely N-dealkylation sites (N-methyl/N-ethyl adjacent to an activating group) is 1. The highest BCUT2D eigenvalue weighted by Gasteiger charge is 2.15. The Labute approximate surface area is 159 Å². The first-order chi connectivity index (χ1) is 12.9. The second-order valence-electron chi connectivity index (χ2n) is 6.39. The molecule has 2 heterocycles. The molecular formula is C17H29N9O. The standard InChI is InChI=1S/C17H29N9O/c1-6-8-18-14(27)12-11-20-17(26(12)5)24-16-22-13(7-2)21-15(23-16)19-9-10-25(3)4/h11H,6-10H2,1-5H3,(H,18,27)(H2,19,20,21,22,23,24). The molecule has 0 fully saturated rings. The van der Waals surface area contributed by atoms with Gasteiger partial charge >= 0.3 is 0 Å². The van der Waals surface area contributed by atoms with E-state index in [9.17, 15) is 4.79 Å². The molecule has 10 nitrogen and oxygen atoms in total. The average Bonchev–Trinajstić information content (AvgIpc) is 2.99. The summed E-state index contributed by atoms with van der Waals surface area (Å²) in [5, 5.41) is 9.12. The van der Waals surface area contributed by atoms with Crippen LogP contribution in [0.2, 0.25) is 0 Å². The molecule has 2 rings (SSSR count). The summed E-state index contributed by atoms with van der Waals surface area (Å²) in [6, 6.07) is 0. The van der Waals surface area contributed by atoms with Crippen molar-refractivity contribution in [3.8, 4) is 0 Å². The lowest BCUT2D eigenvalue weighted by molar-refractivity contribution is 0.0945. The summed E-state index contributed by atoms with van der Waals surface area (Å²) < 4.78 is 1.68. The molecule has 0 atom stereocenters. The second kappa shape index (κ2) is 9.81. The van der Waals surface area contributed by atoms with Gasteiger partial charge in [-0.3, -0.25) is 10.1 Å². The third kappa shape index (κ3) is 5.88. The third-order valence-corrected chi connectivity index (χ3v) is 3.82. The number of rotatable bonds is 10. The zero-order chi connectivity index (χ0) is 19.8. The Hall–Kier alpha value is -2.75. The average molecular weight is 375 g/mol. The zero-order valence-corrected chi connectivity index (χ0v) is 16.7. The first-order valence-corrected chi connectivity index (χ1v) is 9.15. The van der Waals surface area contributed by atoms with Gasteiger partial charge in [0.15, 0.2) is 0 Å². The van der Waals surface area contributed by atoms with E-state index in [1.165, 1.54) is 6.20 Å². The quantitative estimate of drug-likeness (QED) is 0.564. The lowest BCUT2D eigenvalue weighted by Gasteiger charge is -2.12. The highest BCUT2D eigenvalue weighted by molar-refractivity contribution is 5.92. The van der Waals surface area contributed by atoms with Crippen LogP contribution in [0.25, 0.3) is 0 Å². The normalized spacial score (nSPS) is 10.9. The molecule has 0 aliphatic heterocycles. The summed E-state index contributed by atoms with van der Waals surface area (Å²) in [6.45, 7) is 6.21. The zero-order valence-electron chi connectivity index (χ0n) is 16.7. The number of nitrogens with zero attached hydrogens (tertiary/aromatic N) is 6. The molecule has 0 spiro atoms. The number of carbonyl (C=O) groups excluding carboxylic acids is 1. The number of aromatic nitrogens is 5. The molecule has 0 aliphatic rings. The lowest BCUT2D eigenvalue weighted by Crippen LogP contribution is -2.26. The Bertz CT molecular complexity index is 757. The van der Waals surface area contributed by atoms with Crippen molar-refractivity contribution in [3.05, 3.63) is 17.7 Å². The van der Waals surface area contributed by atoms with Crippen molar-refractivity contribution in [3.63, 3.8) is 0 Å². The minimum absolute atomic E-state index is 0.157. The van der Waals surface area contributed by atoms with Crippen LogP contribution in [-0.2, 0) is 13.5 Å². The number of nitrogens with one attached hydrogen (secondary N) is 3. The van der Waals surface area contributed by atoms with E-state index in [1.54, 1.807) is 11.6 Å². The Balaban J connectivity index is 2.14. The van der Waals surface area contributed by atoms with Gasteiger partial charge in [-0.2, -0.15) is 15.0 Å². The first-order valence-electron chi connectivity index (χ1n) is 9.15. The second-order valence-corrected chi connectivity index (χ2v) is 6.39. The van der Waals surface area contributed by atoms with Crippen LogP contribution in [0.5, 0.6) is 0 Å². The summed E-state index contributed by atoms with van der Waals surface area (Å²) in [7, 11) is 5.79. The van der Waals surface area contributed by atoms with Gasteiger partial charge in [-0.15, -0.1) is 0 Å². The van der Waals surface area contributed by atoms with Gasteiger partial charge in [0.05, 0.1) is 6.20 Å². The van der Waals surface area contributed by atoms with Gasteiger partial charge < -0.3 is 20.1 Å². The van der Waals surface area contributed by atoms with E-state index in [2.05, 4.69) is 40.8 Å². The van der Waals surface area contributed by atoms with Crippen LogP contribution in [0.1, 0.15) is 36.6 Å². The third-order valence-electron chi connectivity index (χ3n) is 3.82. The van der Waals surface area contributed by atoms with E-state index in [-0.39, 0.29) is 5.91 Å². The molecule has 0 saturated heterocycles. The molecule has 0 radical (unpaired) electrons. The van der Waals surface area contributed by atoms with Crippen LogP contribution >= 0.6 is 0 Å². The minimum atomic E-state index is -0.157. The fourth-order valence-corrected chi connectivity index (χ4v) is 2.27. The van der Waals surface area contributed by atoms with Crippen molar-refractivity contribution >= 4 is 23.8 Å². The molecule has 0 unspecified atom stereocenters. The predicted octanol–water partition coefficient (Wildman–Crippen LogP) is 1.02. The monoisotopic (exact) mass is 375 g/mol. The number of anilines is 3. The molecule has 0 saturated carbocycles. The smallest absolute Gasteiger partial charge is 0.269 e. The molecule has 0 bridgehead atoms. The van der Waals surface area contributed by atoms with Crippen LogP contribution in [-0.4, -0.2) is 69.0 Å². The van der Waals surface area contributed by atoms with Crippen LogP contribution < -0.4 is 16.0 Å². The van der Waals surface area contributed by atoms with E-state index < -0.39 is 0 Å². The van der Waals surface area contributed by atoms with Gasteiger partial charge in [0, 0.05) is 33.1 Å². The van der Waals surface area contributed by atoms with E-state index in [0.717, 1.165) is 19.5 Å². The van der Waals surface area contributed by atoms with Crippen molar-refractivity contribution in [2.24, 2.45) is 7.05 Å². The number of amides is 1. The lowest BCUT2D eigenvalue weighted by atomic mass is 10.4. The van der Waals surface area contributed by atoms with E-state index in [1.807, 2.05) is 27.9 Å². The molecule has 1 amide bonds. The predicted molar refractivity (Wildman–Crippen MR) is 105 cm³/mol. The summed E-state index contributed by atoms with van der Waals surface area (Å²) in [4.78, 5) is 31.7. The summed E-state index contributed by atoms with van der Waals surface area (Å²) >= 11 is 0. The molecule has 10 heteroatoms. The molecular weight excluding hydrogens is 346 g/mol. The Morgan fingerprint density at radius 1 is 1.15 bits per heavy atom. The molecule has 0 aromatic carbocycles. The van der Waals surface area contributed by atoms with E-state index in [4.69, 9.17) is 0 Å². The molecule has 0 aliphatic carbocycles. The number of carbonyl (C=O) groups is 1. The number of imidazole rings is 1. The van der Waals surface area contributed by atoms with Crippen LogP contribution in [0.3, 0.4) is 0 Å². The largest absolute Gasteiger partial charge is 0.353 e. The molecule has 2 aromatic rings. The molecule has 2 aromatic heterocycles. The number of aryl methyl sites for hydroxylation is 1. The maximum absolute atomic E-state index is 12.2. The summed E-state index contributed by atoms with van der Waals surface area (Å²) in [5.74, 6) is 1.92. The van der Waals surface area contributed by atoms with Crippen LogP contribution in [0, 0.1) is 0 Å². The highest BCUT2D eigenvalue weighted by atomic mass is 16.1. The fourth-order valence-electron chi connectivity index (χ4n) is 2.27. The Kier molecular flexibility index (Phi) is 7.47. The number of hydrogen-bond acceptors (Lipinski definition) is 8. The molecule has 27 heavy (non-hydrogen) atoms. The first kappa shape index (κ1) is 20.6. The van der Waals surface area contributed by atoms with Crippen molar-refractivity contribution in [2.45, 2.75) is 26.7 Å². The van der Waals surface area contributed by atoms with Crippen LogP contribution in [0.15, 0.2) is 6.20 Å². The van der Waals surface area contributed by atoms with Gasteiger partial charge in [0.1, 0.15) is 11.5 Å². The summed E-state index contributed by atoms with van der Waals surface area (Å²) in [5.41, 5.74) is 0.472. The maximum atomic E-state index is 12.2. The number of hydrogen-bond donors (Lipinski definition) is 3. The molecule has 148 valence electrons. The molecule has 3 N–H and O–H groups in total. The summed E-state index contributed by atoms with van der Waals surface area (Å²) in [6.07, 6.45) is 3.10. The fraction of sp³-hybridized carbons (Fsp3) is 0.588. The van der Waals surface area contributed by atoms with Gasteiger partial charge in [-0.25, -0.2) is 4.98 Å². The maximum Gasteiger partial charge on any atom is 0.269 e. The van der Waals surface area contributed by atoms with Gasteiger partial charge in [0.2, 0.25) is 17.8 Å². The van der Waals surface area contributed by atoms with Gasteiger partial charge in [-0.1, -0.05) is 13.8 Å². The highest BCUT2D eigenvalue weighted by Crippen LogP contribution is 2.14.